The van der Waals surface area contributed by atoms with E-state index >= 15 is 0 Å². The van der Waals surface area contributed by atoms with Crippen LogP contribution in [0.2, 0.25) is 0 Å². The van der Waals surface area contributed by atoms with Crippen molar-refractivity contribution in [2.75, 3.05) is 0 Å². The fourth-order valence-electron chi connectivity index (χ4n) is 2.31. The summed E-state index contributed by atoms with van der Waals surface area (Å²) in [4.78, 5) is 20.2. The van der Waals surface area contributed by atoms with E-state index in [0.717, 1.165) is 18.4 Å². The summed E-state index contributed by atoms with van der Waals surface area (Å²) in [5.74, 6) is 0.995. The lowest BCUT2D eigenvalue weighted by Crippen LogP contribution is -2.32. The number of aryl methyl sites for hydroxylation is 1. The van der Waals surface area contributed by atoms with Crippen molar-refractivity contribution in [1.29, 1.82) is 0 Å². The Bertz CT molecular complexity index is 598. The molecule has 0 spiro atoms. The van der Waals surface area contributed by atoms with Gasteiger partial charge in [-0.25, -0.2) is 0 Å². The summed E-state index contributed by atoms with van der Waals surface area (Å²) in [6, 6.07) is 3.90. The number of hydrogen-bond donors (Lipinski definition) is 1. The van der Waals surface area contributed by atoms with Gasteiger partial charge in [0.05, 0.1) is 0 Å². The fourth-order valence-corrected chi connectivity index (χ4v) is 2.31. The number of aromatic nitrogens is 3. The van der Waals surface area contributed by atoms with Crippen LogP contribution in [0, 0.1) is 0 Å². The summed E-state index contributed by atoms with van der Waals surface area (Å²) in [6.07, 6.45) is 8.74. The lowest BCUT2D eigenvalue weighted by atomic mass is 10.1. The molecule has 1 N–H and O–H groups in total. The molecule has 2 rings (SSSR count). The molecule has 1 atom stereocenters. The Hall–Kier alpha value is -2.24. The van der Waals surface area contributed by atoms with Gasteiger partial charge in [0.25, 0.3) is 0 Å². The predicted molar refractivity (Wildman–Crippen MR) is 87.6 cm³/mol. The van der Waals surface area contributed by atoms with Crippen molar-refractivity contribution in [2.24, 2.45) is 0 Å². The molecule has 6 heteroatoms. The Morgan fingerprint density at radius 2 is 2.26 bits per heavy atom. The van der Waals surface area contributed by atoms with Gasteiger partial charge in [-0.2, -0.15) is 4.98 Å². The largest absolute Gasteiger partial charge is 0.354 e. The van der Waals surface area contributed by atoms with Crippen LogP contribution < -0.4 is 5.32 Å². The Balaban J connectivity index is 1.75. The first-order valence-electron chi connectivity index (χ1n) is 8.21. The molecule has 2 heterocycles. The van der Waals surface area contributed by atoms with E-state index in [1.54, 1.807) is 12.4 Å². The molecule has 0 aliphatic rings. The second kappa shape index (κ2) is 9.02. The smallest absolute Gasteiger partial charge is 0.227 e. The van der Waals surface area contributed by atoms with E-state index in [1.165, 1.54) is 12.8 Å². The summed E-state index contributed by atoms with van der Waals surface area (Å²) in [6.45, 7) is 4.22. The zero-order chi connectivity index (χ0) is 16.5. The van der Waals surface area contributed by atoms with Crippen molar-refractivity contribution in [3.05, 3.63) is 30.4 Å². The van der Waals surface area contributed by atoms with Gasteiger partial charge in [0.15, 0.2) is 0 Å². The van der Waals surface area contributed by atoms with E-state index in [1.807, 2.05) is 19.1 Å². The maximum atomic E-state index is 11.9. The quantitative estimate of drug-likeness (QED) is 0.719. The highest BCUT2D eigenvalue weighted by atomic mass is 16.5. The van der Waals surface area contributed by atoms with Crippen molar-refractivity contribution < 1.29 is 9.32 Å². The highest BCUT2D eigenvalue weighted by Gasteiger charge is 2.12. The van der Waals surface area contributed by atoms with Gasteiger partial charge in [-0.15, -0.1) is 0 Å². The Labute approximate surface area is 136 Å². The third kappa shape index (κ3) is 5.81. The zero-order valence-corrected chi connectivity index (χ0v) is 13.8. The zero-order valence-electron chi connectivity index (χ0n) is 13.8. The molecule has 124 valence electrons. The van der Waals surface area contributed by atoms with E-state index < -0.39 is 0 Å². The van der Waals surface area contributed by atoms with Crippen molar-refractivity contribution >= 4 is 5.91 Å². The van der Waals surface area contributed by atoms with Crippen LogP contribution in [0.4, 0.5) is 0 Å². The Morgan fingerprint density at radius 1 is 1.39 bits per heavy atom. The van der Waals surface area contributed by atoms with Crippen LogP contribution in [0.5, 0.6) is 0 Å². The van der Waals surface area contributed by atoms with Crippen LogP contribution >= 0.6 is 0 Å². The van der Waals surface area contributed by atoms with Crippen LogP contribution in [0.1, 0.15) is 51.8 Å². The summed E-state index contributed by atoms with van der Waals surface area (Å²) in [7, 11) is 0. The molecule has 23 heavy (non-hydrogen) atoms. The first kappa shape index (κ1) is 17.1. The Morgan fingerprint density at radius 3 is 3.00 bits per heavy atom. The number of pyridine rings is 1. The molecule has 0 fully saturated rings. The van der Waals surface area contributed by atoms with Gasteiger partial charge >= 0.3 is 0 Å². The van der Waals surface area contributed by atoms with Gasteiger partial charge < -0.3 is 9.84 Å². The minimum Gasteiger partial charge on any atom is -0.354 e. The number of carbonyl (C=O) groups is 1. The van der Waals surface area contributed by atoms with E-state index in [0.29, 0.717) is 24.6 Å². The molecule has 0 aromatic carbocycles. The molecule has 1 amide bonds. The maximum Gasteiger partial charge on any atom is 0.227 e. The molecule has 0 aliphatic heterocycles. The van der Waals surface area contributed by atoms with Crippen molar-refractivity contribution in [2.45, 2.75) is 58.4 Å². The van der Waals surface area contributed by atoms with Gasteiger partial charge in [-0.1, -0.05) is 31.3 Å². The average molecular weight is 316 g/mol. The number of nitrogens with one attached hydrogen (secondary N) is 1. The van der Waals surface area contributed by atoms with E-state index in [9.17, 15) is 4.79 Å². The number of carbonyl (C=O) groups excluding carboxylic acids is 1. The molecule has 1 unspecified atom stereocenters. The number of rotatable bonds is 9. The van der Waals surface area contributed by atoms with E-state index in [2.05, 4.69) is 27.4 Å². The molecule has 2 aromatic rings. The molecular weight excluding hydrogens is 292 g/mol. The number of hydrogen-bond acceptors (Lipinski definition) is 5. The summed E-state index contributed by atoms with van der Waals surface area (Å²) >= 11 is 0. The number of amides is 1. The minimum absolute atomic E-state index is 0.0233. The Kier molecular flexibility index (Phi) is 6.72. The SMILES string of the molecule is CCCCCC(C)NC(=O)CCc1nc(-c2cccnc2)no1. The normalized spacial score (nSPS) is 12.1. The third-order valence-electron chi connectivity index (χ3n) is 3.60. The van der Waals surface area contributed by atoms with E-state index in [4.69, 9.17) is 4.52 Å². The highest BCUT2D eigenvalue weighted by molar-refractivity contribution is 5.76. The van der Waals surface area contributed by atoms with Crippen molar-refractivity contribution in [3.8, 4) is 11.4 Å². The minimum atomic E-state index is 0.0233. The number of nitrogens with zero attached hydrogens (tertiary/aromatic N) is 3. The van der Waals surface area contributed by atoms with Crippen LogP contribution in [0.25, 0.3) is 11.4 Å². The van der Waals surface area contributed by atoms with Crippen molar-refractivity contribution in [1.82, 2.24) is 20.4 Å². The molecule has 0 radical (unpaired) electrons. The first-order chi connectivity index (χ1) is 11.2. The second-order valence-corrected chi connectivity index (χ2v) is 5.72. The molecule has 6 nitrogen and oxygen atoms in total. The van der Waals surface area contributed by atoms with Crippen LogP contribution in [-0.2, 0) is 11.2 Å². The molecule has 2 aromatic heterocycles. The molecule has 0 saturated heterocycles. The topological polar surface area (TPSA) is 80.9 Å². The maximum absolute atomic E-state index is 11.9. The molecule has 0 saturated carbocycles. The van der Waals surface area contributed by atoms with Crippen LogP contribution in [0.15, 0.2) is 29.0 Å². The highest BCUT2D eigenvalue weighted by Crippen LogP contribution is 2.14. The summed E-state index contributed by atoms with van der Waals surface area (Å²) in [5.41, 5.74) is 0.802. The molecular formula is C17H24N4O2. The van der Waals surface area contributed by atoms with E-state index in [-0.39, 0.29) is 11.9 Å². The monoisotopic (exact) mass is 316 g/mol. The predicted octanol–water partition coefficient (Wildman–Crippen LogP) is 3.15. The summed E-state index contributed by atoms with van der Waals surface area (Å²) < 4.78 is 5.18. The van der Waals surface area contributed by atoms with Gasteiger partial charge in [0.1, 0.15) is 0 Å². The lowest BCUT2D eigenvalue weighted by molar-refractivity contribution is -0.121. The molecule has 0 bridgehead atoms. The first-order valence-corrected chi connectivity index (χ1v) is 8.21. The van der Waals surface area contributed by atoms with Crippen molar-refractivity contribution in [3.63, 3.8) is 0 Å². The molecule has 0 aliphatic carbocycles. The second-order valence-electron chi connectivity index (χ2n) is 5.72. The van der Waals surface area contributed by atoms with Gasteiger partial charge in [-0.3, -0.25) is 9.78 Å². The van der Waals surface area contributed by atoms with Gasteiger partial charge in [-0.05, 0) is 25.5 Å². The third-order valence-corrected chi connectivity index (χ3v) is 3.60. The lowest BCUT2D eigenvalue weighted by Gasteiger charge is -2.12. The standard InChI is InChI=1S/C17H24N4O2/c1-3-4-5-7-13(2)19-15(22)9-10-16-20-17(21-23-16)14-8-6-11-18-12-14/h6,8,11-13H,3-5,7,9-10H2,1-2H3,(H,19,22). The van der Waals surface area contributed by atoms with Gasteiger partial charge in [0.2, 0.25) is 17.6 Å². The van der Waals surface area contributed by atoms with Gasteiger partial charge in [0, 0.05) is 36.8 Å². The van der Waals surface area contributed by atoms with Crippen LogP contribution in [-0.4, -0.2) is 27.1 Å². The fraction of sp³-hybridized carbons (Fsp3) is 0.529. The summed E-state index contributed by atoms with van der Waals surface area (Å²) in [5, 5.41) is 6.93. The number of unbranched alkanes of at least 4 members (excludes halogenated alkanes) is 2. The van der Waals surface area contributed by atoms with Crippen LogP contribution in [0.3, 0.4) is 0 Å². The average Bonchev–Trinajstić information content (AvgIpc) is 3.03.